The molecule has 108 valence electrons. The van der Waals surface area contributed by atoms with Gasteiger partial charge in [-0.25, -0.2) is 4.39 Å². The molecule has 1 aromatic carbocycles. The maximum atomic E-state index is 12.9. The van der Waals surface area contributed by atoms with E-state index < -0.39 is 0 Å². The number of hydrogen-bond donors (Lipinski definition) is 1. The van der Waals surface area contributed by atoms with E-state index in [-0.39, 0.29) is 23.6 Å². The van der Waals surface area contributed by atoms with Crippen LogP contribution in [0.25, 0.3) is 0 Å². The first kappa shape index (κ1) is 16.4. The van der Waals surface area contributed by atoms with Crippen molar-refractivity contribution in [1.29, 1.82) is 0 Å². The number of hydrogen-bond acceptors (Lipinski definition) is 2. The number of halogens is 2. The molecule has 1 saturated heterocycles. The van der Waals surface area contributed by atoms with E-state index in [2.05, 4.69) is 18.7 Å². The van der Waals surface area contributed by atoms with Gasteiger partial charge in [0.05, 0.1) is 0 Å². The van der Waals surface area contributed by atoms with Gasteiger partial charge < -0.3 is 10.6 Å². The van der Waals surface area contributed by atoms with Gasteiger partial charge in [-0.05, 0) is 48.5 Å². The van der Waals surface area contributed by atoms with Crippen LogP contribution in [0.5, 0.6) is 0 Å². The third-order valence-electron chi connectivity index (χ3n) is 4.10. The highest BCUT2D eigenvalue weighted by Gasteiger charge is 2.32. The molecule has 2 rings (SSSR count). The zero-order valence-corrected chi connectivity index (χ0v) is 12.5. The second-order valence-corrected chi connectivity index (χ2v) is 5.95. The Morgan fingerprint density at radius 2 is 2.00 bits per heavy atom. The van der Waals surface area contributed by atoms with E-state index in [1.165, 1.54) is 12.0 Å². The van der Waals surface area contributed by atoms with Gasteiger partial charge in [-0.1, -0.05) is 26.0 Å². The molecule has 0 saturated carbocycles. The van der Waals surface area contributed by atoms with Crippen molar-refractivity contribution in [2.45, 2.75) is 26.2 Å². The van der Waals surface area contributed by atoms with Crippen LogP contribution in [0.1, 0.15) is 31.7 Å². The van der Waals surface area contributed by atoms with E-state index in [9.17, 15) is 4.39 Å². The standard InChI is InChI=1S/C15H23FN2.ClH/c1-12(13-3-5-14(16)6-4-13)9-18-8-7-15(2,10-17)11-18;/h3-6,12H,7-11,17H2,1-2H3;1H. The SMILES string of the molecule is CC(CN1CCC(C)(CN)C1)c1ccc(F)cc1.Cl. The summed E-state index contributed by atoms with van der Waals surface area (Å²) < 4.78 is 12.9. The fraction of sp³-hybridized carbons (Fsp3) is 0.600. The smallest absolute Gasteiger partial charge is 0.123 e. The summed E-state index contributed by atoms with van der Waals surface area (Å²) in [7, 11) is 0. The monoisotopic (exact) mass is 286 g/mol. The van der Waals surface area contributed by atoms with Crippen molar-refractivity contribution in [2.75, 3.05) is 26.2 Å². The van der Waals surface area contributed by atoms with Crippen LogP contribution in [0, 0.1) is 11.2 Å². The van der Waals surface area contributed by atoms with E-state index in [1.54, 1.807) is 12.1 Å². The number of nitrogens with zero attached hydrogens (tertiary/aromatic N) is 1. The fourth-order valence-corrected chi connectivity index (χ4v) is 2.73. The first-order valence-corrected chi connectivity index (χ1v) is 6.70. The predicted molar refractivity (Wildman–Crippen MR) is 80.3 cm³/mol. The highest BCUT2D eigenvalue weighted by molar-refractivity contribution is 5.85. The van der Waals surface area contributed by atoms with E-state index >= 15 is 0 Å². The van der Waals surface area contributed by atoms with Crippen molar-refractivity contribution in [3.05, 3.63) is 35.6 Å². The molecule has 2 atom stereocenters. The van der Waals surface area contributed by atoms with Crippen molar-refractivity contribution in [3.8, 4) is 0 Å². The molecule has 4 heteroatoms. The molecule has 0 radical (unpaired) electrons. The van der Waals surface area contributed by atoms with Crippen LogP contribution < -0.4 is 5.73 Å². The molecule has 0 aliphatic carbocycles. The molecular weight excluding hydrogens is 263 g/mol. The van der Waals surface area contributed by atoms with Gasteiger partial charge in [0.2, 0.25) is 0 Å². The van der Waals surface area contributed by atoms with Crippen molar-refractivity contribution < 1.29 is 4.39 Å². The lowest BCUT2D eigenvalue weighted by atomic mass is 9.90. The van der Waals surface area contributed by atoms with Gasteiger partial charge in [0, 0.05) is 13.1 Å². The second-order valence-electron chi connectivity index (χ2n) is 5.95. The Morgan fingerprint density at radius 3 is 2.53 bits per heavy atom. The topological polar surface area (TPSA) is 29.3 Å². The van der Waals surface area contributed by atoms with Gasteiger partial charge >= 0.3 is 0 Å². The Bertz CT molecular complexity index is 396. The minimum atomic E-state index is -0.164. The van der Waals surface area contributed by atoms with E-state index in [0.29, 0.717) is 5.92 Å². The predicted octanol–water partition coefficient (Wildman–Crippen LogP) is 3.02. The first-order valence-electron chi connectivity index (χ1n) is 6.70. The average Bonchev–Trinajstić information content (AvgIpc) is 2.72. The lowest BCUT2D eigenvalue weighted by molar-refractivity contribution is 0.270. The molecule has 1 aliphatic rings. The Balaban J connectivity index is 0.00000180. The summed E-state index contributed by atoms with van der Waals surface area (Å²) in [5.74, 6) is 0.272. The molecule has 0 aromatic heterocycles. The summed E-state index contributed by atoms with van der Waals surface area (Å²) in [6, 6.07) is 6.86. The number of nitrogens with two attached hydrogens (primary N) is 1. The van der Waals surface area contributed by atoms with E-state index in [4.69, 9.17) is 5.73 Å². The summed E-state index contributed by atoms with van der Waals surface area (Å²) >= 11 is 0. The highest BCUT2D eigenvalue weighted by Crippen LogP contribution is 2.30. The Kier molecular flexibility index (Phi) is 5.78. The van der Waals surface area contributed by atoms with E-state index in [0.717, 1.165) is 26.2 Å². The third kappa shape index (κ3) is 4.16. The Morgan fingerprint density at radius 1 is 1.37 bits per heavy atom. The molecule has 0 spiro atoms. The van der Waals surface area contributed by atoms with Crippen LogP contribution in [0.4, 0.5) is 4.39 Å². The maximum absolute atomic E-state index is 12.9. The van der Waals surface area contributed by atoms with Gasteiger partial charge in [-0.3, -0.25) is 0 Å². The van der Waals surface area contributed by atoms with Gasteiger partial charge in [0.25, 0.3) is 0 Å². The molecule has 2 unspecified atom stereocenters. The summed E-state index contributed by atoms with van der Waals surface area (Å²) in [6.07, 6.45) is 1.18. The third-order valence-corrected chi connectivity index (χ3v) is 4.10. The highest BCUT2D eigenvalue weighted by atomic mass is 35.5. The van der Waals surface area contributed by atoms with Crippen LogP contribution in [0.15, 0.2) is 24.3 Å². The van der Waals surface area contributed by atoms with E-state index in [1.807, 2.05) is 12.1 Å². The largest absolute Gasteiger partial charge is 0.330 e. The number of rotatable bonds is 4. The zero-order chi connectivity index (χ0) is 13.2. The Labute approximate surface area is 121 Å². The number of likely N-dealkylation sites (tertiary alicyclic amines) is 1. The summed E-state index contributed by atoms with van der Waals surface area (Å²) in [4.78, 5) is 2.47. The van der Waals surface area contributed by atoms with Crippen LogP contribution in [0.3, 0.4) is 0 Å². The van der Waals surface area contributed by atoms with Gasteiger partial charge in [0.1, 0.15) is 5.82 Å². The molecule has 19 heavy (non-hydrogen) atoms. The fourth-order valence-electron chi connectivity index (χ4n) is 2.73. The average molecular weight is 287 g/mol. The molecule has 1 aromatic rings. The van der Waals surface area contributed by atoms with Crippen molar-refractivity contribution in [3.63, 3.8) is 0 Å². The normalized spacial score (nSPS) is 25.1. The first-order chi connectivity index (χ1) is 8.52. The lowest BCUT2D eigenvalue weighted by Crippen LogP contribution is -2.32. The van der Waals surface area contributed by atoms with Crippen molar-refractivity contribution in [1.82, 2.24) is 4.90 Å². The van der Waals surface area contributed by atoms with Gasteiger partial charge in [-0.2, -0.15) is 0 Å². The van der Waals surface area contributed by atoms with Crippen LogP contribution in [-0.4, -0.2) is 31.1 Å². The number of benzene rings is 1. The minimum Gasteiger partial charge on any atom is -0.330 e. The molecular formula is C15H24ClFN2. The van der Waals surface area contributed by atoms with Crippen LogP contribution >= 0.6 is 12.4 Å². The molecule has 0 bridgehead atoms. The summed E-state index contributed by atoms with van der Waals surface area (Å²) in [6.45, 7) is 8.45. The minimum absolute atomic E-state index is 0. The lowest BCUT2D eigenvalue weighted by Gasteiger charge is -2.24. The second kappa shape index (κ2) is 6.69. The van der Waals surface area contributed by atoms with Gasteiger partial charge in [-0.15, -0.1) is 12.4 Å². The molecule has 1 aliphatic heterocycles. The maximum Gasteiger partial charge on any atom is 0.123 e. The summed E-state index contributed by atoms with van der Waals surface area (Å²) in [5.41, 5.74) is 7.31. The molecule has 2 nitrogen and oxygen atoms in total. The van der Waals surface area contributed by atoms with Crippen LogP contribution in [0.2, 0.25) is 0 Å². The molecule has 2 N–H and O–H groups in total. The quantitative estimate of drug-likeness (QED) is 0.922. The molecule has 0 amide bonds. The van der Waals surface area contributed by atoms with Crippen LogP contribution in [-0.2, 0) is 0 Å². The van der Waals surface area contributed by atoms with Crippen molar-refractivity contribution in [2.24, 2.45) is 11.1 Å². The Hall–Kier alpha value is -0.640. The van der Waals surface area contributed by atoms with Crippen molar-refractivity contribution >= 4 is 12.4 Å². The molecule has 1 fully saturated rings. The summed E-state index contributed by atoms with van der Waals surface area (Å²) in [5, 5.41) is 0. The zero-order valence-electron chi connectivity index (χ0n) is 11.7. The molecule has 1 heterocycles. The van der Waals surface area contributed by atoms with Gasteiger partial charge in [0.15, 0.2) is 0 Å².